The second-order valence-electron chi connectivity index (χ2n) is 4.63. The molecular formula is C15H12N2O6. The SMILES string of the molecule is CCOc1oc(C)nc1C(=O)ON1C(=O)c2ccccc2C1=O. The Bertz CT molecular complexity index is 775. The molecular weight excluding hydrogens is 304 g/mol. The molecule has 118 valence electrons. The minimum absolute atomic E-state index is 0.119. The number of carbonyl (C=O) groups is 3. The molecule has 0 radical (unpaired) electrons. The van der Waals surface area contributed by atoms with Gasteiger partial charge in [-0.3, -0.25) is 9.59 Å². The van der Waals surface area contributed by atoms with Crippen molar-refractivity contribution in [2.45, 2.75) is 13.8 Å². The highest BCUT2D eigenvalue weighted by Gasteiger charge is 2.39. The Morgan fingerprint density at radius 3 is 2.39 bits per heavy atom. The molecule has 0 saturated carbocycles. The predicted octanol–water partition coefficient (Wildman–Crippen LogP) is 1.75. The smallest absolute Gasteiger partial charge is 0.389 e. The normalized spacial score (nSPS) is 13.2. The first-order valence-corrected chi connectivity index (χ1v) is 6.83. The summed E-state index contributed by atoms with van der Waals surface area (Å²) in [6.45, 7) is 3.49. The Labute approximate surface area is 130 Å². The van der Waals surface area contributed by atoms with Crippen molar-refractivity contribution < 1.29 is 28.4 Å². The number of imide groups is 1. The third-order valence-electron chi connectivity index (χ3n) is 3.10. The number of oxazole rings is 1. The first-order valence-electron chi connectivity index (χ1n) is 6.83. The van der Waals surface area contributed by atoms with Crippen LogP contribution in [0.4, 0.5) is 0 Å². The van der Waals surface area contributed by atoms with Gasteiger partial charge in [0.15, 0.2) is 5.89 Å². The number of carbonyl (C=O) groups excluding carboxylic acids is 3. The molecule has 0 atom stereocenters. The van der Waals surface area contributed by atoms with Crippen molar-refractivity contribution in [2.75, 3.05) is 6.61 Å². The van der Waals surface area contributed by atoms with Crippen LogP contribution in [-0.4, -0.2) is 34.4 Å². The number of aromatic nitrogens is 1. The molecule has 1 aliphatic heterocycles. The van der Waals surface area contributed by atoms with Crippen LogP contribution in [0, 0.1) is 6.92 Å². The fraction of sp³-hybridized carbons (Fsp3) is 0.200. The van der Waals surface area contributed by atoms with Gasteiger partial charge in [0.05, 0.1) is 17.7 Å². The molecule has 1 aliphatic rings. The van der Waals surface area contributed by atoms with Crippen molar-refractivity contribution in [1.29, 1.82) is 0 Å². The van der Waals surface area contributed by atoms with E-state index in [1.54, 1.807) is 19.1 Å². The van der Waals surface area contributed by atoms with Crippen LogP contribution in [0.5, 0.6) is 5.95 Å². The van der Waals surface area contributed by atoms with E-state index in [1.165, 1.54) is 19.1 Å². The molecule has 23 heavy (non-hydrogen) atoms. The number of hydrogen-bond acceptors (Lipinski definition) is 7. The topological polar surface area (TPSA) is 98.9 Å². The number of aryl methyl sites for hydroxylation is 1. The van der Waals surface area contributed by atoms with E-state index in [0.717, 1.165) is 0 Å². The maximum absolute atomic E-state index is 12.2. The Balaban J connectivity index is 1.85. The number of benzene rings is 1. The van der Waals surface area contributed by atoms with Crippen LogP contribution >= 0.6 is 0 Å². The Morgan fingerprint density at radius 2 is 1.83 bits per heavy atom. The summed E-state index contributed by atoms with van der Waals surface area (Å²) in [4.78, 5) is 45.2. The van der Waals surface area contributed by atoms with Crippen LogP contribution in [0.3, 0.4) is 0 Å². The Morgan fingerprint density at radius 1 is 1.22 bits per heavy atom. The Hall–Kier alpha value is -3.16. The average Bonchev–Trinajstić information content (AvgIpc) is 3.02. The minimum atomic E-state index is -1.01. The quantitative estimate of drug-likeness (QED) is 0.792. The zero-order valence-electron chi connectivity index (χ0n) is 12.4. The van der Waals surface area contributed by atoms with Gasteiger partial charge >= 0.3 is 11.9 Å². The van der Waals surface area contributed by atoms with Gasteiger partial charge in [-0.1, -0.05) is 17.2 Å². The monoisotopic (exact) mass is 316 g/mol. The van der Waals surface area contributed by atoms with E-state index in [0.29, 0.717) is 5.06 Å². The summed E-state index contributed by atoms with van der Waals surface area (Å²) in [5.41, 5.74) is 0.110. The third-order valence-corrected chi connectivity index (χ3v) is 3.10. The maximum atomic E-state index is 12.2. The van der Waals surface area contributed by atoms with E-state index in [4.69, 9.17) is 14.0 Å². The summed E-state index contributed by atoms with van der Waals surface area (Å²) in [5.74, 6) is -2.36. The van der Waals surface area contributed by atoms with Crippen molar-refractivity contribution >= 4 is 17.8 Å². The van der Waals surface area contributed by atoms with Crippen molar-refractivity contribution in [1.82, 2.24) is 10.0 Å². The summed E-state index contributed by atoms with van der Waals surface area (Å²) >= 11 is 0. The maximum Gasteiger partial charge on any atom is 0.389 e. The minimum Gasteiger partial charge on any atom is -0.464 e. The van der Waals surface area contributed by atoms with Crippen LogP contribution in [-0.2, 0) is 4.84 Å². The first kappa shape index (κ1) is 14.8. The van der Waals surface area contributed by atoms with Crippen LogP contribution in [0.15, 0.2) is 28.7 Å². The van der Waals surface area contributed by atoms with E-state index in [1.807, 2.05) is 0 Å². The van der Waals surface area contributed by atoms with Gasteiger partial charge in [-0.05, 0) is 19.1 Å². The van der Waals surface area contributed by atoms with Gasteiger partial charge in [-0.15, -0.1) is 0 Å². The molecule has 2 heterocycles. The van der Waals surface area contributed by atoms with E-state index in [2.05, 4.69) is 4.98 Å². The van der Waals surface area contributed by atoms with Gasteiger partial charge in [0.25, 0.3) is 11.8 Å². The average molecular weight is 316 g/mol. The molecule has 0 bridgehead atoms. The van der Waals surface area contributed by atoms with E-state index >= 15 is 0 Å². The number of ether oxygens (including phenoxy) is 1. The largest absolute Gasteiger partial charge is 0.464 e. The highest BCUT2D eigenvalue weighted by atomic mass is 16.7. The summed E-state index contributed by atoms with van der Waals surface area (Å²) in [5, 5.41) is 0.409. The molecule has 0 fully saturated rings. The fourth-order valence-corrected chi connectivity index (χ4v) is 2.14. The molecule has 0 saturated heterocycles. The Kier molecular flexibility index (Phi) is 3.57. The molecule has 1 aromatic carbocycles. The first-order chi connectivity index (χ1) is 11.0. The zero-order valence-corrected chi connectivity index (χ0v) is 12.4. The van der Waals surface area contributed by atoms with Crippen molar-refractivity contribution in [2.24, 2.45) is 0 Å². The number of nitrogens with zero attached hydrogens (tertiary/aromatic N) is 2. The second kappa shape index (κ2) is 5.56. The zero-order chi connectivity index (χ0) is 16.6. The number of fused-ring (bicyclic) bond motifs is 1. The molecule has 0 aliphatic carbocycles. The van der Waals surface area contributed by atoms with Gasteiger partial charge in [0.1, 0.15) is 0 Å². The second-order valence-corrected chi connectivity index (χ2v) is 4.63. The molecule has 0 unspecified atom stereocenters. The van der Waals surface area contributed by atoms with Gasteiger partial charge in [0.2, 0.25) is 5.69 Å². The van der Waals surface area contributed by atoms with E-state index in [-0.39, 0.29) is 35.3 Å². The van der Waals surface area contributed by atoms with Crippen LogP contribution in [0.2, 0.25) is 0 Å². The lowest BCUT2D eigenvalue weighted by molar-refractivity contribution is -0.0591. The van der Waals surface area contributed by atoms with Crippen molar-refractivity contribution in [3.05, 3.63) is 47.0 Å². The van der Waals surface area contributed by atoms with Gasteiger partial charge in [-0.2, -0.15) is 0 Å². The summed E-state index contributed by atoms with van der Waals surface area (Å²) in [6.07, 6.45) is 0. The highest BCUT2D eigenvalue weighted by molar-refractivity contribution is 6.21. The van der Waals surface area contributed by atoms with Gasteiger partial charge in [-0.25, -0.2) is 9.78 Å². The number of amides is 2. The molecule has 8 heteroatoms. The number of hydroxylamine groups is 2. The molecule has 3 rings (SSSR count). The van der Waals surface area contributed by atoms with Crippen molar-refractivity contribution in [3.63, 3.8) is 0 Å². The van der Waals surface area contributed by atoms with Crippen LogP contribution in [0.25, 0.3) is 0 Å². The highest BCUT2D eigenvalue weighted by Crippen LogP contribution is 2.25. The summed E-state index contributed by atoms with van der Waals surface area (Å²) < 4.78 is 10.3. The van der Waals surface area contributed by atoms with Gasteiger partial charge < -0.3 is 14.0 Å². The molecule has 0 N–H and O–H groups in total. The molecule has 0 spiro atoms. The van der Waals surface area contributed by atoms with Crippen molar-refractivity contribution in [3.8, 4) is 5.95 Å². The van der Waals surface area contributed by atoms with Gasteiger partial charge in [0, 0.05) is 6.92 Å². The summed E-state index contributed by atoms with van der Waals surface area (Å²) in [6, 6.07) is 6.19. The molecule has 8 nitrogen and oxygen atoms in total. The van der Waals surface area contributed by atoms with E-state index < -0.39 is 17.8 Å². The number of rotatable bonds is 4. The number of hydrogen-bond donors (Lipinski definition) is 0. The third kappa shape index (κ3) is 2.44. The molecule has 2 amide bonds. The lowest BCUT2D eigenvalue weighted by Gasteiger charge is -2.11. The standard InChI is InChI=1S/C15H12N2O6/c1-3-21-15-11(16-8(2)22-15)14(20)23-17-12(18)9-6-4-5-7-10(9)13(17)19/h4-7H,3H2,1-2H3. The van der Waals surface area contributed by atoms with Crippen LogP contribution in [0.1, 0.15) is 44.0 Å². The lowest BCUT2D eigenvalue weighted by Crippen LogP contribution is -2.32. The lowest BCUT2D eigenvalue weighted by atomic mass is 10.1. The fourth-order valence-electron chi connectivity index (χ4n) is 2.14. The summed E-state index contributed by atoms with van der Waals surface area (Å²) in [7, 11) is 0. The molecule has 2 aromatic rings. The van der Waals surface area contributed by atoms with Crippen LogP contribution < -0.4 is 4.74 Å². The van der Waals surface area contributed by atoms with E-state index in [9.17, 15) is 14.4 Å². The predicted molar refractivity (Wildman–Crippen MR) is 74.8 cm³/mol. The molecule has 1 aromatic heterocycles.